The molecule has 1 fully saturated rings. The molecule has 162 valence electrons. The Morgan fingerprint density at radius 3 is 2.61 bits per heavy atom. The Kier molecular flexibility index (Phi) is 5.35. The summed E-state index contributed by atoms with van der Waals surface area (Å²) < 4.78 is 34.2. The number of carbonyl (C=O) groups excluding carboxylic acids is 1. The lowest BCUT2D eigenvalue weighted by molar-refractivity contribution is 0.0876. The van der Waals surface area contributed by atoms with Gasteiger partial charge in [0.05, 0.1) is 11.8 Å². The van der Waals surface area contributed by atoms with Crippen LogP contribution in [-0.4, -0.2) is 45.7 Å². The molecular formula is C21H22N4O4S2. The van der Waals surface area contributed by atoms with E-state index in [0.29, 0.717) is 17.3 Å². The maximum Gasteiger partial charge on any atom is 0.269 e. The first-order valence-corrected chi connectivity index (χ1v) is 12.8. The van der Waals surface area contributed by atoms with Gasteiger partial charge in [-0.3, -0.25) is 9.36 Å². The number of hydrogen-bond acceptors (Lipinski definition) is 7. The summed E-state index contributed by atoms with van der Waals surface area (Å²) in [6.45, 7) is 0.0775. The Morgan fingerprint density at radius 2 is 1.87 bits per heavy atom. The lowest BCUT2D eigenvalue weighted by Crippen LogP contribution is -2.32. The van der Waals surface area contributed by atoms with Gasteiger partial charge in [-0.25, -0.2) is 12.7 Å². The molecule has 31 heavy (non-hydrogen) atoms. The number of thioether (sulfide) groups is 1. The minimum Gasteiger partial charge on any atom is -0.461 e. The van der Waals surface area contributed by atoms with Gasteiger partial charge >= 0.3 is 0 Å². The van der Waals surface area contributed by atoms with Crippen molar-refractivity contribution in [1.29, 1.82) is 0 Å². The van der Waals surface area contributed by atoms with Crippen molar-refractivity contribution in [1.82, 2.24) is 19.1 Å². The topological polar surface area (TPSA) is 98.3 Å². The Labute approximate surface area is 184 Å². The summed E-state index contributed by atoms with van der Waals surface area (Å²) in [5, 5.41) is 9.45. The van der Waals surface area contributed by atoms with Crippen LogP contribution in [0.3, 0.4) is 0 Å². The van der Waals surface area contributed by atoms with Crippen molar-refractivity contribution in [2.75, 3.05) is 12.3 Å². The molecule has 10 heteroatoms. The maximum absolute atomic E-state index is 12.8. The van der Waals surface area contributed by atoms with Crippen molar-refractivity contribution >= 4 is 27.7 Å². The van der Waals surface area contributed by atoms with Crippen molar-refractivity contribution in [2.45, 2.75) is 48.2 Å². The van der Waals surface area contributed by atoms with Gasteiger partial charge in [0, 0.05) is 18.3 Å². The summed E-state index contributed by atoms with van der Waals surface area (Å²) in [5.74, 6) is 1.28. The number of fused-ring (bicyclic) bond motifs is 1. The van der Waals surface area contributed by atoms with Gasteiger partial charge in [-0.2, -0.15) is 0 Å². The van der Waals surface area contributed by atoms with Crippen LogP contribution in [0.15, 0.2) is 57.1 Å². The van der Waals surface area contributed by atoms with Crippen LogP contribution in [-0.2, 0) is 10.0 Å². The van der Waals surface area contributed by atoms with E-state index in [4.69, 9.17) is 4.42 Å². The molecule has 1 amide bonds. The van der Waals surface area contributed by atoms with Crippen molar-refractivity contribution in [2.24, 2.45) is 0 Å². The summed E-state index contributed by atoms with van der Waals surface area (Å²) in [5.41, 5.74) is 0.234. The molecule has 8 nitrogen and oxygen atoms in total. The van der Waals surface area contributed by atoms with Crippen LogP contribution in [0.5, 0.6) is 0 Å². The highest BCUT2D eigenvalue weighted by molar-refractivity contribution is 7.99. The van der Waals surface area contributed by atoms with E-state index in [1.54, 1.807) is 24.5 Å². The predicted molar refractivity (Wildman–Crippen MR) is 115 cm³/mol. The third-order valence-corrected chi connectivity index (χ3v) is 8.55. The van der Waals surface area contributed by atoms with E-state index < -0.39 is 15.9 Å². The molecule has 1 aliphatic heterocycles. The zero-order chi connectivity index (χ0) is 21.4. The largest absolute Gasteiger partial charge is 0.461 e. The summed E-state index contributed by atoms with van der Waals surface area (Å²) in [6.07, 6.45) is 7.25. The Morgan fingerprint density at radius 1 is 1.06 bits per heavy atom. The Hall–Kier alpha value is -2.59. The zero-order valence-electron chi connectivity index (χ0n) is 16.8. The van der Waals surface area contributed by atoms with Gasteiger partial charge in [0.1, 0.15) is 4.90 Å². The molecule has 5 rings (SSSR count). The van der Waals surface area contributed by atoms with E-state index >= 15 is 0 Å². The van der Waals surface area contributed by atoms with Gasteiger partial charge in [0.15, 0.2) is 10.9 Å². The SMILES string of the molecule is O=C1c2ccccc2S(=O)(=O)N1CCSc1nnc(-c2ccco2)n1C1CCCCC1. The Bertz CT molecular complexity index is 1200. The molecule has 0 bridgehead atoms. The average molecular weight is 459 g/mol. The van der Waals surface area contributed by atoms with Crippen molar-refractivity contribution in [3.8, 4) is 11.6 Å². The molecule has 0 radical (unpaired) electrons. The van der Waals surface area contributed by atoms with E-state index in [2.05, 4.69) is 14.8 Å². The molecule has 1 aromatic carbocycles. The van der Waals surface area contributed by atoms with E-state index in [0.717, 1.165) is 35.1 Å². The van der Waals surface area contributed by atoms with Crippen molar-refractivity contribution in [3.63, 3.8) is 0 Å². The smallest absolute Gasteiger partial charge is 0.269 e. The minimum absolute atomic E-state index is 0.0775. The summed E-state index contributed by atoms with van der Waals surface area (Å²) in [4.78, 5) is 12.7. The molecule has 1 aliphatic carbocycles. The molecule has 3 heterocycles. The Balaban J connectivity index is 1.36. The van der Waals surface area contributed by atoms with Gasteiger partial charge in [-0.1, -0.05) is 43.2 Å². The van der Waals surface area contributed by atoms with Gasteiger partial charge < -0.3 is 4.42 Å². The fraction of sp³-hybridized carbons (Fsp3) is 0.381. The molecule has 1 saturated carbocycles. The van der Waals surface area contributed by atoms with E-state index in [1.807, 2.05) is 12.1 Å². The predicted octanol–water partition coefficient (Wildman–Crippen LogP) is 3.98. The van der Waals surface area contributed by atoms with Crippen LogP contribution in [0, 0.1) is 0 Å². The molecule has 2 aliphatic rings. The van der Waals surface area contributed by atoms with Gasteiger partial charge in [0.2, 0.25) is 5.82 Å². The summed E-state index contributed by atoms with van der Waals surface area (Å²) in [7, 11) is -3.80. The molecular weight excluding hydrogens is 436 g/mol. The van der Waals surface area contributed by atoms with Gasteiger partial charge in [-0.15, -0.1) is 10.2 Å². The quantitative estimate of drug-likeness (QED) is 0.515. The number of hydrogen-bond donors (Lipinski definition) is 0. The second kappa shape index (κ2) is 8.16. The minimum atomic E-state index is -3.80. The zero-order valence-corrected chi connectivity index (χ0v) is 18.4. The number of sulfonamides is 1. The van der Waals surface area contributed by atoms with E-state index in [9.17, 15) is 13.2 Å². The van der Waals surface area contributed by atoms with Crippen LogP contribution in [0.4, 0.5) is 0 Å². The highest BCUT2D eigenvalue weighted by Gasteiger charge is 2.40. The lowest BCUT2D eigenvalue weighted by Gasteiger charge is -2.25. The number of amides is 1. The highest BCUT2D eigenvalue weighted by atomic mass is 32.2. The van der Waals surface area contributed by atoms with E-state index in [-0.39, 0.29) is 23.0 Å². The molecule has 2 aromatic heterocycles. The third-order valence-electron chi connectivity index (χ3n) is 5.78. The number of benzene rings is 1. The summed E-state index contributed by atoms with van der Waals surface area (Å²) >= 11 is 1.42. The number of rotatable bonds is 6. The number of furan rings is 1. The first-order valence-electron chi connectivity index (χ1n) is 10.3. The van der Waals surface area contributed by atoms with Crippen LogP contribution >= 0.6 is 11.8 Å². The third kappa shape index (κ3) is 3.57. The van der Waals surface area contributed by atoms with Crippen molar-refractivity contribution in [3.05, 3.63) is 48.2 Å². The van der Waals surface area contributed by atoms with Crippen LogP contribution in [0.2, 0.25) is 0 Å². The molecule has 0 atom stereocenters. The molecule has 0 unspecified atom stereocenters. The maximum atomic E-state index is 12.8. The van der Waals surface area contributed by atoms with Gasteiger partial charge in [0.25, 0.3) is 15.9 Å². The standard InChI is InChI=1S/C21H22N4O4S2/c26-20-16-9-4-5-11-18(16)31(27,28)24(20)12-14-30-21-23-22-19(17-10-6-13-29-17)25(21)15-7-2-1-3-8-15/h4-6,9-11,13,15H,1-3,7-8,12,14H2. The average Bonchev–Trinajstić information content (AvgIpc) is 3.50. The van der Waals surface area contributed by atoms with Crippen LogP contribution in [0.25, 0.3) is 11.6 Å². The second-order valence-electron chi connectivity index (χ2n) is 7.67. The molecule has 0 N–H and O–H groups in total. The molecule has 3 aromatic rings. The monoisotopic (exact) mass is 458 g/mol. The van der Waals surface area contributed by atoms with Gasteiger partial charge in [-0.05, 0) is 37.1 Å². The molecule has 0 spiro atoms. The number of carbonyl (C=O) groups is 1. The van der Waals surface area contributed by atoms with E-state index in [1.165, 1.54) is 24.2 Å². The van der Waals surface area contributed by atoms with Crippen molar-refractivity contribution < 1.29 is 17.6 Å². The fourth-order valence-corrected chi connectivity index (χ4v) is 6.90. The number of aromatic nitrogens is 3. The first-order chi connectivity index (χ1) is 15.1. The molecule has 0 saturated heterocycles. The lowest BCUT2D eigenvalue weighted by atomic mass is 9.95. The van der Waals surface area contributed by atoms with Crippen LogP contribution in [0.1, 0.15) is 48.5 Å². The van der Waals surface area contributed by atoms with Crippen LogP contribution < -0.4 is 0 Å². The fourth-order valence-electron chi connectivity index (χ4n) is 4.29. The summed E-state index contributed by atoms with van der Waals surface area (Å²) in [6, 6.07) is 10.3. The first kappa shape index (κ1) is 20.3. The number of nitrogens with zero attached hydrogens (tertiary/aromatic N) is 4. The highest BCUT2D eigenvalue weighted by Crippen LogP contribution is 2.36. The normalized spacial score (nSPS) is 18.5. The second-order valence-corrected chi connectivity index (χ2v) is 10.6.